The third kappa shape index (κ3) is 5.43. The van der Waals surface area contributed by atoms with Crippen LogP contribution in [0.2, 0.25) is 15.1 Å². The number of oxime groups is 1. The fourth-order valence-electron chi connectivity index (χ4n) is 2.55. The van der Waals surface area contributed by atoms with Crippen LogP contribution >= 0.6 is 34.8 Å². The van der Waals surface area contributed by atoms with E-state index in [1.165, 1.54) is 48.7 Å². The summed E-state index contributed by atoms with van der Waals surface area (Å²) < 4.78 is 0. The molecule has 5 N–H and O–H groups in total. The molecule has 0 bridgehead atoms. The second kappa shape index (κ2) is 9.65. The Morgan fingerprint density at radius 3 is 2.19 bits per heavy atom. The van der Waals surface area contributed by atoms with Crippen LogP contribution in [0.15, 0.2) is 59.9 Å². The highest BCUT2D eigenvalue weighted by Crippen LogP contribution is 2.31. The molecule has 1 heterocycles. The number of rotatable bonds is 5. The van der Waals surface area contributed by atoms with E-state index in [0.717, 1.165) is 0 Å². The Kier molecular flexibility index (Phi) is 6.96. The van der Waals surface area contributed by atoms with Gasteiger partial charge in [-0.2, -0.15) is 0 Å². The zero-order valence-corrected chi connectivity index (χ0v) is 17.8. The van der Waals surface area contributed by atoms with Crippen molar-refractivity contribution < 1.29 is 14.8 Å². The fourth-order valence-corrected chi connectivity index (χ4v) is 3.20. The number of benzene rings is 2. The molecule has 0 aliphatic heterocycles. The largest absolute Gasteiger partial charge is 0.409 e. The number of amides is 2. The van der Waals surface area contributed by atoms with E-state index in [1.807, 2.05) is 0 Å². The van der Waals surface area contributed by atoms with Gasteiger partial charge in [-0.05, 0) is 36.4 Å². The molecule has 0 fully saturated rings. The van der Waals surface area contributed by atoms with Gasteiger partial charge in [-0.1, -0.05) is 52.1 Å². The van der Waals surface area contributed by atoms with Crippen molar-refractivity contribution in [1.82, 2.24) is 4.98 Å². The first-order valence-electron chi connectivity index (χ1n) is 8.59. The molecule has 3 aromatic rings. The SMILES string of the molecule is NC(=NO)c1ccc(C(=O)Nc2c(Cl)cc(Cl)cc2C(=O)Nc2ccc(Cl)cn2)cc1. The van der Waals surface area contributed by atoms with Gasteiger partial charge in [0, 0.05) is 22.3 Å². The second-order valence-corrected chi connectivity index (χ2v) is 7.42. The predicted molar refractivity (Wildman–Crippen MR) is 121 cm³/mol. The Morgan fingerprint density at radius 1 is 0.903 bits per heavy atom. The molecule has 0 unspecified atom stereocenters. The van der Waals surface area contributed by atoms with E-state index in [9.17, 15) is 9.59 Å². The van der Waals surface area contributed by atoms with Gasteiger partial charge in [0.05, 0.1) is 21.3 Å². The summed E-state index contributed by atoms with van der Waals surface area (Å²) in [4.78, 5) is 29.5. The summed E-state index contributed by atoms with van der Waals surface area (Å²) in [5, 5.41) is 17.5. The first-order valence-corrected chi connectivity index (χ1v) is 9.73. The van der Waals surface area contributed by atoms with Crippen molar-refractivity contribution in [2.24, 2.45) is 10.9 Å². The Hall–Kier alpha value is -3.33. The molecular weight excluding hydrogens is 465 g/mol. The lowest BCUT2D eigenvalue weighted by Crippen LogP contribution is -2.19. The molecule has 0 atom stereocenters. The molecule has 0 aliphatic carbocycles. The highest BCUT2D eigenvalue weighted by atomic mass is 35.5. The van der Waals surface area contributed by atoms with Gasteiger partial charge in [-0.25, -0.2) is 4.98 Å². The molecule has 2 amide bonds. The number of pyridine rings is 1. The molecule has 11 heteroatoms. The maximum absolute atomic E-state index is 12.8. The van der Waals surface area contributed by atoms with Crippen LogP contribution in [0.5, 0.6) is 0 Å². The lowest BCUT2D eigenvalue weighted by atomic mass is 10.1. The maximum Gasteiger partial charge on any atom is 0.259 e. The van der Waals surface area contributed by atoms with Crippen LogP contribution in [0.4, 0.5) is 11.5 Å². The van der Waals surface area contributed by atoms with Crippen LogP contribution < -0.4 is 16.4 Å². The van der Waals surface area contributed by atoms with Crippen molar-refractivity contribution in [1.29, 1.82) is 0 Å². The van der Waals surface area contributed by atoms with Crippen LogP contribution in [0.25, 0.3) is 0 Å². The normalized spacial score (nSPS) is 11.1. The van der Waals surface area contributed by atoms with Crippen molar-refractivity contribution >= 4 is 64.0 Å². The summed E-state index contributed by atoms with van der Waals surface area (Å²) in [7, 11) is 0. The zero-order chi connectivity index (χ0) is 22.5. The second-order valence-electron chi connectivity index (χ2n) is 6.14. The van der Waals surface area contributed by atoms with E-state index >= 15 is 0 Å². The molecule has 0 saturated heterocycles. The monoisotopic (exact) mass is 477 g/mol. The minimum absolute atomic E-state index is 0.0379. The van der Waals surface area contributed by atoms with E-state index < -0.39 is 11.8 Å². The van der Waals surface area contributed by atoms with E-state index in [0.29, 0.717) is 10.6 Å². The third-order valence-electron chi connectivity index (χ3n) is 4.06. The number of carbonyl (C=O) groups excluding carboxylic acids is 2. The first-order chi connectivity index (χ1) is 14.8. The van der Waals surface area contributed by atoms with Gasteiger partial charge in [-0.3, -0.25) is 9.59 Å². The number of amidine groups is 1. The number of halogens is 3. The van der Waals surface area contributed by atoms with Crippen LogP contribution in [0.1, 0.15) is 26.3 Å². The number of anilines is 2. The summed E-state index contributed by atoms with van der Waals surface area (Å²) in [6, 6.07) is 11.8. The lowest BCUT2D eigenvalue weighted by molar-refractivity contribution is 0.102. The van der Waals surface area contributed by atoms with Gasteiger partial charge in [0.15, 0.2) is 5.84 Å². The van der Waals surface area contributed by atoms with E-state index in [1.54, 1.807) is 6.07 Å². The average Bonchev–Trinajstić information content (AvgIpc) is 2.76. The minimum Gasteiger partial charge on any atom is -0.409 e. The van der Waals surface area contributed by atoms with Gasteiger partial charge in [-0.15, -0.1) is 0 Å². The van der Waals surface area contributed by atoms with Crippen LogP contribution in [0, 0.1) is 0 Å². The molecule has 158 valence electrons. The molecule has 1 aromatic heterocycles. The topological polar surface area (TPSA) is 130 Å². The molecule has 0 spiro atoms. The van der Waals surface area contributed by atoms with Crippen molar-refractivity contribution in [3.63, 3.8) is 0 Å². The smallest absolute Gasteiger partial charge is 0.259 e. The van der Waals surface area contributed by atoms with E-state index in [2.05, 4.69) is 20.8 Å². The fraction of sp³-hybridized carbons (Fsp3) is 0. The molecule has 8 nitrogen and oxygen atoms in total. The number of hydrogen-bond acceptors (Lipinski definition) is 5. The Labute approximate surface area is 191 Å². The summed E-state index contributed by atoms with van der Waals surface area (Å²) in [6.07, 6.45) is 1.38. The molecular formula is C20H14Cl3N5O3. The number of nitrogens with one attached hydrogen (secondary N) is 2. The molecule has 2 aromatic carbocycles. The predicted octanol–water partition coefficient (Wildman–Crippen LogP) is 4.64. The van der Waals surface area contributed by atoms with Crippen molar-refractivity contribution in [3.05, 3.63) is 86.5 Å². The van der Waals surface area contributed by atoms with Crippen LogP contribution in [0.3, 0.4) is 0 Å². The zero-order valence-electron chi connectivity index (χ0n) is 15.6. The van der Waals surface area contributed by atoms with Crippen molar-refractivity contribution in [2.75, 3.05) is 10.6 Å². The van der Waals surface area contributed by atoms with Gasteiger partial charge >= 0.3 is 0 Å². The number of carbonyl (C=O) groups is 2. The summed E-state index contributed by atoms with van der Waals surface area (Å²) in [5.41, 5.74) is 6.31. The highest BCUT2D eigenvalue weighted by molar-refractivity contribution is 6.38. The number of hydrogen-bond donors (Lipinski definition) is 4. The highest BCUT2D eigenvalue weighted by Gasteiger charge is 2.19. The minimum atomic E-state index is -0.586. The first kappa shape index (κ1) is 22.4. The van der Waals surface area contributed by atoms with Gasteiger partial charge in [0.1, 0.15) is 5.82 Å². The molecule has 0 saturated carbocycles. The standard InChI is InChI=1S/C20H14Cl3N5O3/c21-12-5-6-16(25-9-12)26-20(30)14-7-13(22)8-15(23)17(14)27-19(29)11-3-1-10(2-4-11)18(24)28-31/h1-9,31H,(H2,24,28)(H,27,29)(H,25,26,30). The maximum atomic E-state index is 12.8. The Bertz CT molecular complexity index is 1170. The molecule has 0 aliphatic rings. The van der Waals surface area contributed by atoms with Crippen molar-refractivity contribution in [3.8, 4) is 0 Å². The lowest BCUT2D eigenvalue weighted by Gasteiger charge is -2.14. The number of aromatic nitrogens is 1. The van der Waals surface area contributed by atoms with Gasteiger partial charge < -0.3 is 21.6 Å². The van der Waals surface area contributed by atoms with E-state index in [4.69, 9.17) is 45.7 Å². The quantitative estimate of drug-likeness (QED) is 0.184. The third-order valence-corrected chi connectivity index (χ3v) is 4.80. The molecule has 31 heavy (non-hydrogen) atoms. The number of nitrogens with two attached hydrogens (primary N) is 1. The van der Waals surface area contributed by atoms with Crippen molar-refractivity contribution in [2.45, 2.75) is 0 Å². The molecule has 3 rings (SSSR count). The summed E-state index contributed by atoms with van der Waals surface area (Å²) >= 11 is 18.1. The summed E-state index contributed by atoms with van der Waals surface area (Å²) in [6.45, 7) is 0. The van der Waals surface area contributed by atoms with Gasteiger partial charge in [0.2, 0.25) is 0 Å². The Balaban J connectivity index is 1.87. The van der Waals surface area contributed by atoms with Gasteiger partial charge in [0.25, 0.3) is 11.8 Å². The average molecular weight is 479 g/mol. The van der Waals surface area contributed by atoms with Crippen LogP contribution in [-0.2, 0) is 0 Å². The van der Waals surface area contributed by atoms with Crippen LogP contribution in [-0.4, -0.2) is 27.8 Å². The van der Waals surface area contributed by atoms with E-state index in [-0.39, 0.29) is 38.5 Å². The Morgan fingerprint density at radius 2 is 1.58 bits per heavy atom. The number of nitrogens with zero attached hydrogens (tertiary/aromatic N) is 2. The molecule has 0 radical (unpaired) electrons. The summed E-state index contributed by atoms with van der Waals surface area (Å²) in [5.74, 6) is -0.963.